The zero-order valence-corrected chi connectivity index (χ0v) is 23.4. The molecule has 1 aromatic carbocycles. The maximum absolute atomic E-state index is 14.5. The summed E-state index contributed by atoms with van der Waals surface area (Å²) in [5.41, 5.74) is 2.22. The topological polar surface area (TPSA) is 121 Å². The van der Waals surface area contributed by atoms with Gasteiger partial charge in [0, 0.05) is 62.4 Å². The highest BCUT2D eigenvalue weighted by molar-refractivity contribution is 7.90. The summed E-state index contributed by atoms with van der Waals surface area (Å²) < 4.78 is 43.0. The highest BCUT2D eigenvalue weighted by Gasteiger charge is 2.37. The SMILES string of the molecule is CO[C@@H]1[C@H](O)CN(c2nccc(Nc3cc4c(C(C)C)ccc(N5CC(CS(C)(=O)=O)C5)c4cn3)n2)C[C@@H]1F. The number of aliphatic hydroxyl groups is 1. The van der Waals surface area contributed by atoms with E-state index in [0.29, 0.717) is 30.7 Å². The highest BCUT2D eigenvalue weighted by atomic mass is 32.2. The number of hydrogen-bond acceptors (Lipinski definition) is 10. The van der Waals surface area contributed by atoms with Crippen molar-refractivity contribution in [3.63, 3.8) is 0 Å². The fraction of sp³-hybridized carbons (Fsp3) is 0.519. The number of nitrogens with one attached hydrogen (secondary N) is 1. The van der Waals surface area contributed by atoms with Gasteiger partial charge in [-0.25, -0.2) is 22.8 Å². The molecule has 2 saturated heterocycles. The van der Waals surface area contributed by atoms with Crippen LogP contribution < -0.4 is 15.1 Å². The second-order valence-corrected chi connectivity index (χ2v) is 13.0. The first-order valence-corrected chi connectivity index (χ1v) is 15.1. The van der Waals surface area contributed by atoms with E-state index in [2.05, 4.69) is 51.1 Å². The summed E-state index contributed by atoms with van der Waals surface area (Å²) in [4.78, 5) is 17.3. The van der Waals surface area contributed by atoms with Gasteiger partial charge < -0.3 is 25.0 Å². The van der Waals surface area contributed by atoms with E-state index in [1.54, 1.807) is 17.2 Å². The molecule has 3 atom stereocenters. The lowest BCUT2D eigenvalue weighted by Crippen LogP contribution is -2.55. The maximum atomic E-state index is 14.5. The van der Waals surface area contributed by atoms with Gasteiger partial charge in [0.05, 0.1) is 12.3 Å². The average Bonchev–Trinajstić information content (AvgIpc) is 2.84. The van der Waals surface area contributed by atoms with Crippen LogP contribution in [-0.4, -0.2) is 92.2 Å². The number of piperidine rings is 1. The van der Waals surface area contributed by atoms with Gasteiger partial charge >= 0.3 is 0 Å². The van der Waals surface area contributed by atoms with Crippen molar-refractivity contribution in [1.29, 1.82) is 0 Å². The molecule has 0 saturated carbocycles. The number of methoxy groups -OCH3 is 1. The third-order valence-corrected chi connectivity index (χ3v) is 8.44. The van der Waals surface area contributed by atoms with Gasteiger partial charge in [0.2, 0.25) is 5.95 Å². The largest absolute Gasteiger partial charge is 0.388 e. The molecule has 0 amide bonds. The van der Waals surface area contributed by atoms with Gasteiger partial charge in [-0.3, -0.25) is 0 Å². The first kappa shape index (κ1) is 27.5. The predicted octanol–water partition coefficient (Wildman–Crippen LogP) is 2.91. The van der Waals surface area contributed by atoms with Crippen LogP contribution in [0.2, 0.25) is 0 Å². The molecule has 0 bridgehead atoms. The number of aromatic nitrogens is 3. The summed E-state index contributed by atoms with van der Waals surface area (Å²) in [6.07, 6.45) is 1.49. The van der Waals surface area contributed by atoms with E-state index >= 15 is 0 Å². The number of alkyl halides is 1. The molecule has 0 unspecified atom stereocenters. The van der Waals surface area contributed by atoms with E-state index in [4.69, 9.17) is 4.74 Å². The molecule has 0 radical (unpaired) electrons. The first-order chi connectivity index (χ1) is 18.5. The lowest BCUT2D eigenvalue weighted by Gasteiger charge is -2.41. The Morgan fingerprint density at radius 2 is 1.87 bits per heavy atom. The van der Waals surface area contributed by atoms with Gasteiger partial charge in [-0.2, -0.15) is 4.98 Å². The summed E-state index contributed by atoms with van der Waals surface area (Å²) in [7, 11) is -1.61. The molecule has 5 rings (SSSR count). The van der Waals surface area contributed by atoms with Gasteiger partial charge in [0.15, 0.2) is 0 Å². The van der Waals surface area contributed by atoms with Crippen molar-refractivity contribution in [2.45, 2.75) is 38.1 Å². The molecule has 2 aromatic heterocycles. The van der Waals surface area contributed by atoms with Gasteiger partial charge in [-0.1, -0.05) is 19.9 Å². The molecular formula is C27H35FN6O4S. The zero-order valence-electron chi connectivity index (χ0n) is 22.6. The maximum Gasteiger partial charge on any atom is 0.227 e. The third kappa shape index (κ3) is 5.92. The lowest BCUT2D eigenvalue weighted by atomic mass is 9.93. The van der Waals surface area contributed by atoms with Crippen LogP contribution in [-0.2, 0) is 14.6 Å². The van der Waals surface area contributed by atoms with Crippen LogP contribution in [0.1, 0.15) is 25.3 Å². The molecule has 3 aromatic rings. The number of hydrogen-bond donors (Lipinski definition) is 2. The second kappa shape index (κ2) is 10.8. The minimum absolute atomic E-state index is 0.0231. The number of anilines is 4. The van der Waals surface area contributed by atoms with Crippen molar-refractivity contribution in [2.75, 3.05) is 60.4 Å². The normalized spacial score (nSPS) is 22.4. The molecule has 2 fully saturated rings. The lowest BCUT2D eigenvalue weighted by molar-refractivity contribution is -0.0627. The van der Waals surface area contributed by atoms with Gasteiger partial charge in [-0.15, -0.1) is 0 Å². The molecule has 39 heavy (non-hydrogen) atoms. The number of rotatable bonds is 8. The van der Waals surface area contributed by atoms with Gasteiger partial charge in [0.25, 0.3) is 0 Å². The quantitative estimate of drug-likeness (QED) is 0.427. The van der Waals surface area contributed by atoms with Crippen LogP contribution in [0, 0.1) is 5.92 Å². The van der Waals surface area contributed by atoms with Crippen LogP contribution in [0.4, 0.5) is 27.7 Å². The summed E-state index contributed by atoms with van der Waals surface area (Å²) in [5, 5.41) is 15.6. The molecular weight excluding hydrogens is 523 g/mol. The number of halogens is 1. The Kier molecular flexibility index (Phi) is 7.62. The van der Waals surface area contributed by atoms with Gasteiger partial charge in [-0.05, 0) is 35.1 Å². The van der Waals surface area contributed by atoms with Crippen molar-refractivity contribution < 1.29 is 22.7 Å². The summed E-state index contributed by atoms with van der Waals surface area (Å²) in [6.45, 7) is 5.87. The number of fused-ring (bicyclic) bond motifs is 1. The van der Waals surface area contributed by atoms with E-state index in [0.717, 1.165) is 16.5 Å². The molecule has 2 aliphatic heterocycles. The number of pyridine rings is 1. The first-order valence-electron chi connectivity index (χ1n) is 13.1. The van der Waals surface area contributed by atoms with Crippen LogP contribution in [0.25, 0.3) is 10.8 Å². The fourth-order valence-corrected chi connectivity index (χ4v) is 6.59. The number of benzene rings is 1. The van der Waals surface area contributed by atoms with E-state index in [1.807, 2.05) is 12.3 Å². The van der Waals surface area contributed by atoms with E-state index in [-0.39, 0.29) is 30.7 Å². The molecule has 210 valence electrons. The smallest absolute Gasteiger partial charge is 0.227 e. The molecule has 10 nitrogen and oxygen atoms in total. The molecule has 0 spiro atoms. The molecule has 12 heteroatoms. The minimum atomic E-state index is -3.00. The Morgan fingerprint density at radius 1 is 1.10 bits per heavy atom. The van der Waals surface area contributed by atoms with Crippen LogP contribution in [0.3, 0.4) is 0 Å². The van der Waals surface area contributed by atoms with E-state index in [1.165, 1.54) is 18.9 Å². The number of aliphatic hydroxyl groups excluding tert-OH is 1. The Bertz CT molecular complexity index is 1440. The number of β-amino-alcohol motifs (C(OH)–C–C–N with tert-alkyl or cyclic N) is 1. The fourth-order valence-electron chi connectivity index (χ4n) is 5.52. The number of nitrogens with zero attached hydrogens (tertiary/aromatic N) is 5. The molecule has 4 heterocycles. The summed E-state index contributed by atoms with van der Waals surface area (Å²) in [5.74, 6) is 2.03. The Morgan fingerprint density at radius 3 is 2.54 bits per heavy atom. The van der Waals surface area contributed by atoms with Crippen LogP contribution >= 0.6 is 0 Å². The van der Waals surface area contributed by atoms with E-state index < -0.39 is 28.2 Å². The minimum Gasteiger partial charge on any atom is -0.388 e. The Balaban J connectivity index is 1.38. The molecule has 2 aliphatic rings. The van der Waals surface area contributed by atoms with Crippen molar-refractivity contribution in [3.8, 4) is 0 Å². The molecule has 2 N–H and O–H groups in total. The van der Waals surface area contributed by atoms with Crippen molar-refractivity contribution in [3.05, 3.63) is 42.2 Å². The van der Waals surface area contributed by atoms with E-state index in [9.17, 15) is 17.9 Å². The number of sulfone groups is 1. The monoisotopic (exact) mass is 558 g/mol. The van der Waals surface area contributed by atoms with Crippen molar-refractivity contribution >= 4 is 43.9 Å². The molecule has 0 aliphatic carbocycles. The highest BCUT2D eigenvalue weighted by Crippen LogP contribution is 2.37. The van der Waals surface area contributed by atoms with Crippen molar-refractivity contribution in [1.82, 2.24) is 15.0 Å². The van der Waals surface area contributed by atoms with Crippen molar-refractivity contribution in [2.24, 2.45) is 5.92 Å². The Labute approximate surface area is 228 Å². The van der Waals surface area contributed by atoms with Crippen LogP contribution in [0.5, 0.6) is 0 Å². The Hall–Kier alpha value is -3.09. The summed E-state index contributed by atoms with van der Waals surface area (Å²) in [6, 6.07) is 7.93. The van der Waals surface area contributed by atoms with Gasteiger partial charge in [0.1, 0.15) is 39.9 Å². The zero-order chi connectivity index (χ0) is 27.9. The average molecular weight is 559 g/mol. The number of ether oxygens (including phenoxy) is 1. The standard InChI is InChI=1S/C27H35FN6O4S/c1-16(2)18-5-6-22(33-11-17(12-33)15-39(4,36)37)20-10-30-25(9-19(18)20)31-24-7-8-29-27(32-24)34-13-21(28)26(38-3)23(35)14-34/h5-10,16-17,21,23,26,35H,11-15H2,1-4H3,(H,29,30,31,32)/t21-,23+,26-/m0/s1. The second-order valence-electron chi connectivity index (χ2n) is 10.9. The predicted molar refractivity (Wildman–Crippen MR) is 150 cm³/mol. The third-order valence-electron chi connectivity index (χ3n) is 7.36. The van der Waals surface area contributed by atoms with Crippen LogP contribution in [0.15, 0.2) is 36.7 Å². The summed E-state index contributed by atoms with van der Waals surface area (Å²) >= 11 is 0.